The summed E-state index contributed by atoms with van der Waals surface area (Å²) < 4.78 is 5.50. The van der Waals surface area contributed by atoms with Gasteiger partial charge >= 0.3 is 5.97 Å². The van der Waals surface area contributed by atoms with E-state index in [9.17, 15) is 19.8 Å². The Kier molecular flexibility index (Phi) is 66.4. The van der Waals surface area contributed by atoms with Gasteiger partial charge in [-0.1, -0.05) is 353 Å². The van der Waals surface area contributed by atoms with Gasteiger partial charge in [-0.3, -0.25) is 9.59 Å². The summed E-state index contributed by atoms with van der Waals surface area (Å²) in [6.45, 7) is 4.97. The molecule has 3 N–H and O–H groups in total. The van der Waals surface area contributed by atoms with Gasteiger partial charge in [0.1, 0.15) is 0 Å². The van der Waals surface area contributed by atoms with E-state index in [1.54, 1.807) is 0 Å². The predicted molar refractivity (Wildman–Crippen MR) is 343 cm³/mol. The maximum Gasteiger partial charge on any atom is 0.305 e. The van der Waals surface area contributed by atoms with Crippen LogP contribution in [0.4, 0.5) is 0 Å². The molecule has 0 bridgehead atoms. The quantitative estimate of drug-likeness (QED) is 0.0320. The number of allylic oxidation sites excluding steroid dienone is 4. The van der Waals surface area contributed by atoms with E-state index < -0.39 is 12.1 Å². The molecule has 0 saturated carbocycles. The van der Waals surface area contributed by atoms with Crippen molar-refractivity contribution in [1.82, 2.24) is 5.32 Å². The number of ether oxygens (including phenoxy) is 1. The number of esters is 1. The number of nitrogens with one attached hydrogen (secondary N) is 1. The van der Waals surface area contributed by atoms with Crippen LogP contribution >= 0.6 is 0 Å². The molecule has 0 aliphatic carbocycles. The SMILES string of the molecule is CCCCCC/C=C\C/C=C\CCCCCCCCCC(=O)OCCCCCCCCCCCCCCCCCCCCCCCCCCCCCC(=O)NC(CO)C(O)CCCCCCCCCCCCCCCCCC. The highest BCUT2D eigenvalue weighted by Gasteiger charge is 2.20. The van der Waals surface area contributed by atoms with E-state index in [4.69, 9.17) is 4.74 Å². The molecule has 0 aromatic heterocycles. The lowest BCUT2D eigenvalue weighted by Crippen LogP contribution is -2.45. The van der Waals surface area contributed by atoms with Crippen molar-refractivity contribution in [3.8, 4) is 0 Å². The van der Waals surface area contributed by atoms with E-state index in [0.717, 1.165) is 51.4 Å². The fourth-order valence-corrected chi connectivity index (χ4v) is 11.3. The standard InChI is InChI=1S/C72H139NO5/c1-3-5-7-9-11-13-15-17-19-21-34-38-42-46-50-54-58-62-66-72(77)78-67-63-59-55-51-47-43-39-35-32-30-28-26-24-22-23-25-27-29-31-33-37-41-45-49-53-57-61-65-71(76)73-69(68-74)70(75)64-60-56-52-48-44-40-36-20-18-16-14-12-10-8-6-4-2/h13,15,19,21,69-70,74-75H,3-12,14,16-18,20,22-68H2,1-2H3,(H,73,76)/b15-13-,21-19-. The molecule has 6 nitrogen and oxygen atoms in total. The number of aliphatic hydroxyl groups is 2. The van der Waals surface area contributed by atoms with Crippen molar-refractivity contribution in [3.63, 3.8) is 0 Å². The lowest BCUT2D eigenvalue weighted by atomic mass is 10.0. The van der Waals surface area contributed by atoms with Crippen molar-refractivity contribution in [2.45, 2.75) is 411 Å². The van der Waals surface area contributed by atoms with Crippen LogP contribution in [0.15, 0.2) is 24.3 Å². The average Bonchev–Trinajstić information content (AvgIpc) is 3.44. The van der Waals surface area contributed by atoms with Crippen molar-refractivity contribution in [2.24, 2.45) is 0 Å². The lowest BCUT2D eigenvalue weighted by Gasteiger charge is -2.22. The topological polar surface area (TPSA) is 95.9 Å². The summed E-state index contributed by atoms with van der Waals surface area (Å²) in [5.41, 5.74) is 0. The molecule has 0 heterocycles. The van der Waals surface area contributed by atoms with Crippen LogP contribution in [-0.2, 0) is 14.3 Å². The van der Waals surface area contributed by atoms with Gasteiger partial charge in [-0.25, -0.2) is 0 Å². The molecular weight excluding hydrogens is 959 g/mol. The van der Waals surface area contributed by atoms with Crippen LogP contribution in [0.1, 0.15) is 399 Å². The molecule has 2 unspecified atom stereocenters. The Morgan fingerprint density at radius 2 is 0.641 bits per heavy atom. The first-order chi connectivity index (χ1) is 38.5. The zero-order valence-corrected chi connectivity index (χ0v) is 52.9. The molecule has 0 radical (unpaired) electrons. The van der Waals surface area contributed by atoms with Crippen LogP contribution in [0.2, 0.25) is 0 Å². The van der Waals surface area contributed by atoms with Crippen molar-refractivity contribution in [3.05, 3.63) is 24.3 Å². The van der Waals surface area contributed by atoms with Crippen LogP contribution < -0.4 is 5.32 Å². The highest BCUT2D eigenvalue weighted by molar-refractivity contribution is 5.76. The molecule has 6 heteroatoms. The van der Waals surface area contributed by atoms with Crippen molar-refractivity contribution < 1.29 is 24.5 Å². The second-order valence-electron chi connectivity index (χ2n) is 24.6. The van der Waals surface area contributed by atoms with Crippen LogP contribution in [-0.4, -0.2) is 47.4 Å². The van der Waals surface area contributed by atoms with Gasteiger partial charge in [0.15, 0.2) is 0 Å². The molecular formula is C72H139NO5. The molecule has 0 aromatic carbocycles. The number of aliphatic hydroxyl groups excluding tert-OH is 2. The van der Waals surface area contributed by atoms with Crippen LogP contribution in [0.3, 0.4) is 0 Å². The third-order valence-electron chi connectivity index (χ3n) is 16.8. The van der Waals surface area contributed by atoms with Gasteiger partial charge in [-0.2, -0.15) is 0 Å². The van der Waals surface area contributed by atoms with E-state index in [2.05, 4.69) is 43.5 Å². The fraction of sp³-hybridized carbons (Fsp3) is 0.917. The zero-order valence-electron chi connectivity index (χ0n) is 52.9. The molecule has 0 rings (SSSR count). The van der Waals surface area contributed by atoms with Crippen LogP contribution in [0, 0.1) is 0 Å². The zero-order chi connectivity index (χ0) is 56.4. The first-order valence-electron chi connectivity index (χ1n) is 35.6. The minimum Gasteiger partial charge on any atom is -0.466 e. The number of amides is 1. The maximum absolute atomic E-state index is 12.5. The average molecular weight is 1100 g/mol. The maximum atomic E-state index is 12.5. The molecule has 462 valence electrons. The Hall–Kier alpha value is -1.66. The van der Waals surface area contributed by atoms with Crippen molar-refractivity contribution in [2.75, 3.05) is 13.2 Å². The number of carbonyl (C=O) groups is 2. The van der Waals surface area contributed by atoms with Gasteiger partial charge < -0.3 is 20.3 Å². The smallest absolute Gasteiger partial charge is 0.305 e. The van der Waals surface area contributed by atoms with E-state index >= 15 is 0 Å². The number of hydrogen-bond donors (Lipinski definition) is 3. The van der Waals surface area contributed by atoms with E-state index in [0.29, 0.717) is 25.9 Å². The number of carbonyl (C=O) groups excluding carboxylic acids is 2. The summed E-state index contributed by atoms with van der Waals surface area (Å²) in [6.07, 6.45) is 85.1. The van der Waals surface area contributed by atoms with Gasteiger partial charge in [0.25, 0.3) is 0 Å². The molecule has 78 heavy (non-hydrogen) atoms. The largest absolute Gasteiger partial charge is 0.466 e. The second-order valence-corrected chi connectivity index (χ2v) is 24.6. The normalized spacial score (nSPS) is 12.6. The van der Waals surface area contributed by atoms with Gasteiger partial charge in [0.2, 0.25) is 5.91 Å². The Labute approximate surface area is 488 Å². The lowest BCUT2D eigenvalue weighted by molar-refractivity contribution is -0.143. The van der Waals surface area contributed by atoms with Gasteiger partial charge in [0, 0.05) is 12.8 Å². The Balaban J connectivity index is 3.34. The van der Waals surface area contributed by atoms with E-state index in [-0.39, 0.29) is 18.5 Å². The Morgan fingerprint density at radius 3 is 0.987 bits per heavy atom. The highest BCUT2D eigenvalue weighted by atomic mass is 16.5. The van der Waals surface area contributed by atoms with E-state index in [1.165, 1.54) is 315 Å². The Bertz CT molecular complexity index is 1220. The number of rotatable bonds is 67. The number of unbranched alkanes of at least 4 members (excludes halogenated alkanes) is 52. The molecule has 0 aromatic rings. The molecule has 1 amide bonds. The first kappa shape index (κ1) is 76.3. The van der Waals surface area contributed by atoms with Crippen LogP contribution in [0.25, 0.3) is 0 Å². The first-order valence-corrected chi connectivity index (χ1v) is 35.6. The predicted octanol–water partition coefficient (Wildman–Crippen LogP) is 22.9. The molecule has 0 aliphatic rings. The van der Waals surface area contributed by atoms with Gasteiger partial charge in [0.05, 0.1) is 25.4 Å². The second kappa shape index (κ2) is 67.8. The number of hydrogen-bond acceptors (Lipinski definition) is 5. The summed E-state index contributed by atoms with van der Waals surface area (Å²) in [6, 6.07) is -0.539. The van der Waals surface area contributed by atoms with Crippen molar-refractivity contribution >= 4 is 11.9 Å². The highest BCUT2D eigenvalue weighted by Crippen LogP contribution is 2.19. The molecule has 0 spiro atoms. The summed E-state index contributed by atoms with van der Waals surface area (Å²) in [4.78, 5) is 24.6. The fourth-order valence-electron chi connectivity index (χ4n) is 11.3. The third kappa shape index (κ3) is 63.5. The van der Waals surface area contributed by atoms with Crippen molar-refractivity contribution in [1.29, 1.82) is 0 Å². The third-order valence-corrected chi connectivity index (χ3v) is 16.8. The molecule has 0 saturated heterocycles. The van der Waals surface area contributed by atoms with E-state index in [1.807, 2.05) is 0 Å². The Morgan fingerprint density at radius 1 is 0.359 bits per heavy atom. The van der Waals surface area contributed by atoms with Gasteiger partial charge in [-0.05, 0) is 57.8 Å². The minimum atomic E-state index is -0.662. The summed E-state index contributed by atoms with van der Waals surface area (Å²) in [5, 5.41) is 23.4. The van der Waals surface area contributed by atoms with Crippen LogP contribution in [0.5, 0.6) is 0 Å². The molecule has 0 aliphatic heterocycles. The minimum absolute atomic E-state index is 0.0115. The molecule has 2 atom stereocenters. The van der Waals surface area contributed by atoms with Gasteiger partial charge in [-0.15, -0.1) is 0 Å². The summed E-state index contributed by atoms with van der Waals surface area (Å²) in [5.74, 6) is -0.0175. The molecule has 0 fully saturated rings. The monoisotopic (exact) mass is 1100 g/mol. The summed E-state index contributed by atoms with van der Waals surface area (Å²) >= 11 is 0. The summed E-state index contributed by atoms with van der Waals surface area (Å²) in [7, 11) is 0.